The molecule has 0 aliphatic carbocycles. The zero-order chi connectivity index (χ0) is 12.0. The fourth-order valence-electron chi connectivity index (χ4n) is 1.31. The van der Waals surface area contributed by atoms with Crippen LogP contribution in [0.3, 0.4) is 0 Å². The third kappa shape index (κ3) is 4.23. The Morgan fingerprint density at radius 3 is 2.50 bits per heavy atom. The summed E-state index contributed by atoms with van der Waals surface area (Å²) < 4.78 is 0. The quantitative estimate of drug-likeness (QED) is 0.759. The second-order valence-electron chi connectivity index (χ2n) is 4.32. The minimum absolute atomic E-state index is 0.233. The topological polar surface area (TPSA) is 12.0 Å². The molecule has 16 heavy (non-hydrogen) atoms. The van der Waals surface area contributed by atoms with E-state index in [2.05, 4.69) is 44.5 Å². The summed E-state index contributed by atoms with van der Waals surface area (Å²) in [5.41, 5.74) is 1.83. The number of hydrogen-bond donors (Lipinski definition) is 1. The van der Waals surface area contributed by atoms with Crippen LogP contribution in [-0.4, -0.2) is 5.54 Å². The summed E-state index contributed by atoms with van der Waals surface area (Å²) in [5.74, 6) is 6.38. The molecule has 1 aromatic rings. The number of nitrogens with one attached hydrogen (secondary N) is 1. The molecule has 0 atom stereocenters. The molecule has 1 heteroatoms. The van der Waals surface area contributed by atoms with Crippen LogP contribution in [0.1, 0.15) is 32.8 Å². The van der Waals surface area contributed by atoms with Gasteiger partial charge in [0.05, 0.1) is 5.54 Å². The second kappa shape index (κ2) is 5.42. The van der Waals surface area contributed by atoms with Gasteiger partial charge in [0, 0.05) is 11.3 Å². The van der Waals surface area contributed by atoms with E-state index in [1.54, 1.807) is 0 Å². The summed E-state index contributed by atoms with van der Waals surface area (Å²) in [6.07, 6.45) is 0.927. The van der Waals surface area contributed by atoms with Crippen molar-refractivity contribution in [2.75, 3.05) is 0 Å². The lowest BCUT2D eigenvalue weighted by molar-refractivity contribution is 0.542. The Labute approximate surface area is 98.6 Å². The Morgan fingerprint density at radius 2 is 1.94 bits per heavy atom. The zero-order valence-corrected chi connectivity index (χ0v) is 10.3. The molecule has 0 aliphatic heterocycles. The van der Waals surface area contributed by atoms with Gasteiger partial charge in [0.25, 0.3) is 0 Å². The highest BCUT2D eigenvalue weighted by Crippen LogP contribution is 2.06. The predicted molar refractivity (Wildman–Crippen MR) is 70.0 cm³/mol. The molecule has 1 rings (SSSR count). The molecule has 1 N–H and O–H groups in total. The normalized spacial score (nSPS) is 10.2. The Hall–Kier alpha value is -1.68. The summed E-state index contributed by atoms with van der Waals surface area (Å²) in [7, 11) is 0. The minimum atomic E-state index is -0.233. The van der Waals surface area contributed by atoms with Crippen molar-refractivity contribution in [1.82, 2.24) is 5.32 Å². The van der Waals surface area contributed by atoms with E-state index < -0.39 is 0 Å². The first-order chi connectivity index (χ1) is 7.53. The van der Waals surface area contributed by atoms with E-state index in [4.69, 9.17) is 0 Å². The standard InChI is InChI=1S/C15H19N/c1-5-13(2)16-15(3,4)12-11-14-9-7-6-8-10-14/h6-10,16H,2,5H2,1,3-4H3. The van der Waals surface area contributed by atoms with E-state index in [0.717, 1.165) is 17.7 Å². The molecule has 0 amide bonds. The highest BCUT2D eigenvalue weighted by molar-refractivity contribution is 5.36. The molecule has 0 saturated carbocycles. The molecule has 1 nitrogen and oxygen atoms in total. The Kier molecular flexibility index (Phi) is 4.19. The third-order valence-electron chi connectivity index (χ3n) is 2.21. The molecular weight excluding hydrogens is 194 g/mol. The maximum Gasteiger partial charge on any atom is 0.0931 e. The van der Waals surface area contributed by atoms with Crippen LogP contribution in [0.2, 0.25) is 0 Å². The van der Waals surface area contributed by atoms with Gasteiger partial charge < -0.3 is 5.32 Å². The summed E-state index contributed by atoms with van der Waals surface area (Å²) in [6, 6.07) is 10.0. The van der Waals surface area contributed by atoms with Crippen LogP contribution in [0, 0.1) is 11.8 Å². The lowest BCUT2D eigenvalue weighted by Crippen LogP contribution is -2.36. The highest BCUT2D eigenvalue weighted by atomic mass is 15.0. The van der Waals surface area contributed by atoms with E-state index in [9.17, 15) is 0 Å². The highest BCUT2D eigenvalue weighted by Gasteiger charge is 2.12. The van der Waals surface area contributed by atoms with Crippen molar-refractivity contribution in [3.63, 3.8) is 0 Å². The Bertz CT molecular complexity index is 404. The molecule has 0 bridgehead atoms. The Balaban J connectivity index is 2.73. The molecular formula is C15H19N. The fourth-order valence-corrected chi connectivity index (χ4v) is 1.31. The number of allylic oxidation sites excluding steroid dienone is 1. The van der Waals surface area contributed by atoms with Crippen molar-refractivity contribution < 1.29 is 0 Å². The SMILES string of the molecule is C=C(CC)NC(C)(C)C#Cc1ccccc1. The molecule has 0 unspecified atom stereocenters. The largest absolute Gasteiger partial charge is 0.373 e. The number of rotatable bonds is 3. The summed E-state index contributed by atoms with van der Waals surface area (Å²) in [4.78, 5) is 0. The molecule has 0 fully saturated rings. The molecule has 0 spiro atoms. The van der Waals surface area contributed by atoms with Gasteiger partial charge in [-0.05, 0) is 32.4 Å². The molecule has 0 heterocycles. The second-order valence-corrected chi connectivity index (χ2v) is 4.32. The van der Waals surface area contributed by atoms with E-state index in [1.807, 2.05) is 30.3 Å². The van der Waals surface area contributed by atoms with Gasteiger partial charge in [-0.2, -0.15) is 0 Å². The zero-order valence-electron chi connectivity index (χ0n) is 10.3. The van der Waals surface area contributed by atoms with Crippen molar-refractivity contribution in [3.8, 4) is 11.8 Å². The first kappa shape index (κ1) is 12.4. The van der Waals surface area contributed by atoms with Crippen LogP contribution in [0.4, 0.5) is 0 Å². The van der Waals surface area contributed by atoms with Gasteiger partial charge in [0.2, 0.25) is 0 Å². The van der Waals surface area contributed by atoms with Crippen LogP contribution in [-0.2, 0) is 0 Å². The summed E-state index contributed by atoms with van der Waals surface area (Å²) >= 11 is 0. The van der Waals surface area contributed by atoms with Gasteiger partial charge in [-0.1, -0.05) is 43.5 Å². The molecule has 84 valence electrons. The van der Waals surface area contributed by atoms with Crippen LogP contribution in [0.25, 0.3) is 0 Å². The van der Waals surface area contributed by atoms with Gasteiger partial charge in [-0.25, -0.2) is 0 Å². The van der Waals surface area contributed by atoms with Crippen LogP contribution >= 0.6 is 0 Å². The van der Waals surface area contributed by atoms with Crippen molar-refractivity contribution in [2.45, 2.75) is 32.7 Å². The molecule has 0 aliphatic rings. The average molecular weight is 213 g/mol. The van der Waals surface area contributed by atoms with Crippen LogP contribution < -0.4 is 5.32 Å². The van der Waals surface area contributed by atoms with E-state index in [1.165, 1.54) is 0 Å². The molecule has 0 aromatic heterocycles. The van der Waals surface area contributed by atoms with Crippen molar-refractivity contribution in [2.24, 2.45) is 0 Å². The van der Waals surface area contributed by atoms with E-state index >= 15 is 0 Å². The average Bonchev–Trinajstić information content (AvgIpc) is 2.27. The third-order valence-corrected chi connectivity index (χ3v) is 2.21. The van der Waals surface area contributed by atoms with Crippen LogP contribution in [0.5, 0.6) is 0 Å². The van der Waals surface area contributed by atoms with E-state index in [0.29, 0.717) is 0 Å². The van der Waals surface area contributed by atoms with Gasteiger partial charge >= 0.3 is 0 Å². The first-order valence-corrected chi connectivity index (χ1v) is 5.57. The van der Waals surface area contributed by atoms with E-state index in [-0.39, 0.29) is 5.54 Å². The monoisotopic (exact) mass is 213 g/mol. The smallest absolute Gasteiger partial charge is 0.0931 e. The lowest BCUT2D eigenvalue weighted by Gasteiger charge is -2.22. The summed E-state index contributed by atoms with van der Waals surface area (Å²) in [6.45, 7) is 10.1. The maximum absolute atomic E-state index is 3.93. The fraction of sp³-hybridized carbons (Fsp3) is 0.333. The molecule has 0 radical (unpaired) electrons. The Morgan fingerprint density at radius 1 is 1.31 bits per heavy atom. The van der Waals surface area contributed by atoms with Crippen LogP contribution in [0.15, 0.2) is 42.6 Å². The minimum Gasteiger partial charge on any atom is -0.373 e. The van der Waals surface area contributed by atoms with Gasteiger partial charge in [0.1, 0.15) is 0 Å². The van der Waals surface area contributed by atoms with Gasteiger partial charge in [-0.15, -0.1) is 0 Å². The molecule has 1 aromatic carbocycles. The molecule has 0 saturated heterocycles. The van der Waals surface area contributed by atoms with Crippen molar-refractivity contribution in [1.29, 1.82) is 0 Å². The van der Waals surface area contributed by atoms with Crippen molar-refractivity contribution >= 4 is 0 Å². The van der Waals surface area contributed by atoms with Gasteiger partial charge in [-0.3, -0.25) is 0 Å². The maximum atomic E-state index is 3.93. The lowest BCUT2D eigenvalue weighted by atomic mass is 10.0. The van der Waals surface area contributed by atoms with Gasteiger partial charge in [0.15, 0.2) is 0 Å². The predicted octanol–water partition coefficient (Wildman–Crippen LogP) is 3.33. The first-order valence-electron chi connectivity index (χ1n) is 5.57. The number of hydrogen-bond acceptors (Lipinski definition) is 1. The number of benzene rings is 1. The summed E-state index contributed by atoms with van der Waals surface area (Å²) in [5, 5.41) is 3.31. The van der Waals surface area contributed by atoms with Crippen molar-refractivity contribution in [3.05, 3.63) is 48.2 Å².